The summed E-state index contributed by atoms with van der Waals surface area (Å²) in [7, 11) is 0.729. The standard InChI is InChI=1S/C4H10OSi2/c1-2-3-4-7-5-6/h1H,3-4,7H2,6H3. The van der Waals surface area contributed by atoms with E-state index in [1.54, 1.807) is 0 Å². The Balaban J connectivity index is 2.60. The summed E-state index contributed by atoms with van der Waals surface area (Å²) in [5.74, 6) is 2.57. The third kappa shape index (κ3) is 5.95. The summed E-state index contributed by atoms with van der Waals surface area (Å²) in [5, 5.41) is 0. The van der Waals surface area contributed by atoms with Gasteiger partial charge in [-0.2, -0.15) is 0 Å². The maximum absolute atomic E-state index is 5.03. The maximum Gasteiger partial charge on any atom is 0.146 e. The van der Waals surface area contributed by atoms with Crippen LogP contribution in [-0.4, -0.2) is 20.2 Å². The lowest BCUT2D eigenvalue weighted by Crippen LogP contribution is -1.91. The van der Waals surface area contributed by atoms with Gasteiger partial charge in [0.25, 0.3) is 0 Å². The van der Waals surface area contributed by atoms with Crippen LogP contribution in [0.1, 0.15) is 6.42 Å². The molecule has 0 unspecified atom stereocenters. The van der Waals surface area contributed by atoms with Crippen molar-refractivity contribution in [3.05, 3.63) is 0 Å². The average molecular weight is 130 g/mol. The minimum absolute atomic E-state index is 0.170. The first-order chi connectivity index (χ1) is 3.41. The number of rotatable bonds is 3. The molecule has 0 aliphatic carbocycles. The van der Waals surface area contributed by atoms with Gasteiger partial charge in [-0.1, -0.05) is 0 Å². The molecule has 0 saturated heterocycles. The van der Waals surface area contributed by atoms with Gasteiger partial charge in [-0.25, -0.2) is 0 Å². The predicted octanol–water partition coefficient (Wildman–Crippen LogP) is -1.19. The van der Waals surface area contributed by atoms with Crippen molar-refractivity contribution in [3.63, 3.8) is 0 Å². The molecule has 0 aromatic heterocycles. The van der Waals surface area contributed by atoms with Crippen LogP contribution in [0, 0.1) is 12.3 Å². The highest BCUT2D eigenvalue weighted by Crippen LogP contribution is 1.82. The SMILES string of the molecule is C#CCC[SiH2]O[SiH3]. The minimum Gasteiger partial charge on any atom is -0.468 e. The van der Waals surface area contributed by atoms with E-state index >= 15 is 0 Å². The van der Waals surface area contributed by atoms with Gasteiger partial charge in [-0.15, -0.1) is 12.3 Å². The minimum atomic E-state index is -0.170. The summed E-state index contributed by atoms with van der Waals surface area (Å²) in [5.41, 5.74) is 0. The molecule has 0 atom stereocenters. The Bertz CT molecular complexity index is 66.6. The molecule has 0 saturated carbocycles. The van der Waals surface area contributed by atoms with E-state index in [4.69, 9.17) is 10.5 Å². The van der Waals surface area contributed by atoms with E-state index in [1.165, 1.54) is 0 Å². The lowest BCUT2D eigenvalue weighted by molar-refractivity contribution is 0.660. The number of hydrogen-bond acceptors (Lipinski definition) is 1. The quantitative estimate of drug-likeness (QED) is 0.265. The second-order valence-corrected chi connectivity index (χ2v) is 4.73. The first-order valence-electron chi connectivity index (χ1n) is 2.34. The third-order valence-corrected chi connectivity index (χ3v) is 2.94. The van der Waals surface area contributed by atoms with Crippen LogP contribution in [-0.2, 0) is 4.12 Å². The van der Waals surface area contributed by atoms with Gasteiger partial charge in [0.2, 0.25) is 0 Å². The Morgan fingerprint density at radius 3 is 3.00 bits per heavy atom. The van der Waals surface area contributed by atoms with Gasteiger partial charge in [0, 0.05) is 6.42 Å². The highest BCUT2D eigenvalue weighted by molar-refractivity contribution is 6.34. The molecule has 0 rings (SSSR count). The van der Waals surface area contributed by atoms with Gasteiger partial charge in [0.05, 0.1) is 0 Å². The number of terminal acetylenes is 1. The largest absolute Gasteiger partial charge is 0.468 e. The van der Waals surface area contributed by atoms with Crippen molar-refractivity contribution in [3.8, 4) is 12.3 Å². The van der Waals surface area contributed by atoms with Gasteiger partial charge in [0.15, 0.2) is 0 Å². The Labute approximate surface area is 49.9 Å². The van der Waals surface area contributed by atoms with E-state index in [-0.39, 0.29) is 9.76 Å². The van der Waals surface area contributed by atoms with Crippen LogP contribution >= 0.6 is 0 Å². The molecule has 0 aromatic rings. The molecule has 0 aliphatic heterocycles. The zero-order valence-corrected chi connectivity index (χ0v) is 8.02. The van der Waals surface area contributed by atoms with Gasteiger partial charge in [-0.3, -0.25) is 0 Å². The molecule has 0 bridgehead atoms. The molecular formula is C4H10OSi2. The molecule has 1 nitrogen and oxygen atoms in total. The molecule has 0 aromatic carbocycles. The maximum atomic E-state index is 5.03. The Hall–Kier alpha value is -0.0462. The van der Waals surface area contributed by atoms with Gasteiger partial charge >= 0.3 is 0 Å². The fourth-order valence-electron chi connectivity index (χ4n) is 0.319. The highest BCUT2D eigenvalue weighted by atomic mass is 28.3. The van der Waals surface area contributed by atoms with E-state index in [0.717, 1.165) is 23.0 Å². The van der Waals surface area contributed by atoms with E-state index in [0.29, 0.717) is 0 Å². The predicted molar refractivity (Wildman–Crippen MR) is 37.8 cm³/mol. The summed E-state index contributed by atoms with van der Waals surface area (Å²) < 4.78 is 5.03. The molecule has 0 heterocycles. The van der Waals surface area contributed by atoms with Gasteiger partial charge < -0.3 is 4.12 Å². The van der Waals surface area contributed by atoms with Crippen molar-refractivity contribution in [1.29, 1.82) is 0 Å². The van der Waals surface area contributed by atoms with Crippen molar-refractivity contribution in [2.24, 2.45) is 0 Å². The second-order valence-electron chi connectivity index (χ2n) is 1.30. The molecule has 7 heavy (non-hydrogen) atoms. The summed E-state index contributed by atoms with van der Waals surface area (Å²) in [6.45, 7) is 0. The van der Waals surface area contributed by atoms with Crippen LogP contribution in [0.25, 0.3) is 0 Å². The molecule has 3 heteroatoms. The molecule has 0 radical (unpaired) electrons. The Morgan fingerprint density at radius 2 is 2.57 bits per heavy atom. The molecule has 0 aliphatic rings. The van der Waals surface area contributed by atoms with Crippen LogP contribution in [0.3, 0.4) is 0 Å². The monoisotopic (exact) mass is 130 g/mol. The zero-order valence-electron chi connectivity index (χ0n) is 4.61. The third-order valence-electron chi connectivity index (χ3n) is 0.670. The summed E-state index contributed by atoms with van der Waals surface area (Å²) in [4.78, 5) is 0. The normalized spacial score (nSPS) is 10.1. The van der Waals surface area contributed by atoms with Crippen LogP contribution in [0.5, 0.6) is 0 Å². The van der Waals surface area contributed by atoms with Crippen molar-refractivity contribution < 1.29 is 4.12 Å². The van der Waals surface area contributed by atoms with Crippen molar-refractivity contribution in [2.45, 2.75) is 12.5 Å². The molecule has 40 valence electrons. The van der Waals surface area contributed by atoms with Gasteiger partial charge in [0.1, 0.15) is 20.2 Å². The molecular weight excluding hydrogens is 120 g/mol. The van der Waals surface area contributed by atoms with Crippen LogP contribution in [0.2, 0.25) is 6.04 Å². The van der Waals surface area contributed by atoms with Gasteiger partial charge in [-0.05, 0) is 6.04 Å². The average Bonchev–Trinajstić information content (AvgIpc) is 1.69. The lowest BCUT2D eigenvalue weighted by Gasteiger charge is -1.88. The Kier molecular flexibility index (Phi) is 5.91. The smallest absolute Gasteiger partial charge is 0.146 e. The molecule has 0 fully saturated rings. The van der Waals surface area contributed by atoms with Crippen molar-refractivity contribution in [2.75, 3.05) is 0 Å². The topological polar surface area (TPSA) is 9.23 Å². The highest BCUT2D eigenvalue weighted by Gasteiger charge is 1.79. The second kappa shape index (κ2) is 5.95. The van der Waals surface area contributed by atoms with E-state index in [9.17, 15) is 0 Å². The first-order valence-corrected chi connectivity index (χ1v) is 4.73. The van der Waals surface area contributed by atoms with E-state index in [1.807, 2.05) is 0 Å². The molecule has 0 amide bonds. The fourth-order valence-corrected chi connectivity index (χ4v) is 1.82. The summed E-state index contributed by atoms with van der Waals surface area (Å²) in [6, 6.07) is 1.15. The summed E-state index contributed by atoms with van der Waals surface area (Å²) >= 11 is 0. The van der Waals surface area contributed by atoms with Crippen LogP contribution in [0.15, 0.2) is 0 Å². The molecule has 0 N–H and O–H groups in total. The molecule has 0 spiro atoms. The first kappa shape index (κ1) is 6.95. The Morgan fingerprint density at radius 1 is 1.86 bits per heavy atom. The van der Waals surface area contributed by atoms with Crippen LogP contribution < -0.4 is 0 Å². The fraction of sp³-hybridized carbons (Fsp3) is 0.500. The van der Waals surface area contributed by atoms with Crippen molar-refractivity contribution in [1.82, 2.24) is 0 Å². The van der Waals surface area contributed by atoms with Crippen molar-refractivity contribution >= 4 is 20.2 Å². The van der Waals surface area contributed by atoms with E-state index < -0.39 is 0 Å². The lowest BCUT2D eigenvalue weighted by atomic mass is 10.5. The van der Waals surface area contributed by atoms with Crippen LogP contribution in [0.4, 0.5) is 0 Å². The van der Waals surface area contributed by atoms with E-state index in [2.05, 4.69) is 5.92 Å². The summed E-state index contributed by atoms with van der Waals surface area (Å²) in [6.07, 6.45) is 5.91. The number of hydrogen-bond donors (Lipinski definition) is 0. The zero-order chi connectivity index (χ0) is 5.54.